The van der Waals surface area contributed by atoms with Gasteiger partial charge in [0.15, 0.2) is 5.78 Å². The smallest absolute Gasteiger partial charge is 0.303 e. The van der Waals surface area contributed by atoms with Crippen LogP contribution >= 0.6 is 11.3 Å². The number of fused-ring (bicyclic) bond motifs is 1. The fraction of sp³-hybridized carbons (Fsp3) is 0.458. The zero-order valence-electron chi connectivity index (χ0n) is 18.5. The molecule has 0 saturated heterocycles. The van der Waals surface area contributed by atoms with Crippen molar-refractivity contribution in [3.8, 4) is 6.07 Å². The monoisotopic (exact) mass is 452 g/mol. The Hall–Kier alpha value is -3.05. The van der Waals surface area contributed by atoms with Gasteiger partial charge in [-0.25, -0.2) is 4.98 Å². The number of carbonyl (C=O) groups excluding carboxylic acids is 1. The third kappa shape index (κ3) is 5.80. The number of ketones is 1. The summed E-state index contributed by atoms with van der Waals surface area (Å²) in [6.45, 7) is 1.78. The largest absolute Gasteiger partial charge is 0.481 e. The van der Waals surface area contributed by atoms with Crippen molar-refractivity contribution in [1.82, 2.24) is 14.5 Å². The summed E-state index contributed by atoms with van der Waals surface area (Å²) in [5.74, 6) is -1.25. The lowest BCUT2D eigenvalue weighted by atomic mass is 9.94. The third-order valence-electron chi connectivity index (χ3n) is 5.68. The maximum atomic E-state index is 13.2. The number of nitriles is 1. The highest BCUT2D eigenvalue weighted by Gasteiger charge is 2.24. The Labute approximate surface area is 191 Å². The third-order valence-corrected chi connectivity index (χ3v) is 6.52. The molecule has 3 aromatic rings. The molecule has 0 fully saturated rings. The van der Waals surface area contributed by atoms with Gasteiger partial charge in [0.2, 0.25) is 0 Å². The van der Waals surface area contributed by atoms with E-state index in [2.05, 4.69) is 16.0 Å². The molecular formula is C24H28N4O3S. The van der Waals surface area contributed by atoms with Crippen LogP contribution in [0.2, 0.25) is 0 Å². The fourth-order valence-corrected chi connectivity index (χ4v) is 4.77. The quantitative estimate of drug-likeness (QED) is 0.308. The van der Waals surface area contributed by atoms with E-state index >= 15 is 0 Å². The molecule has 0 saturated carbocycles. The van der Waals surface area contributed by atoms with Gasteiger partial charge >= 0.3 is 5.97 Å². The Kier molecular flexibility index (Phi) is 8.12. The predicted molar refractivity (Wildman–Crippen MR) is 124 cm³/mol. The van der Waals surface area contributed by atoms with Gasteiger partial charge in [-0.15, -0.1) is 11.3 Å². The summed E-state index contributed by atoms with van der Waals surface area (Å²) >= 11 is 1.69. The first kappa shape index (κ1) is 23.6. The topological polar surface area (TPSA) is 109 Å². The number of pyridine rings is 1. The number of carboxylic acids is 1. The first-order valence-electron chi connectivity index (χ1n) is 10.9. The summed E-state index contributed by atoms with van der Waals surface area (Å²) < 4.78 is 1.95. The van der Waals surface area contributed by atoms with Crippen LogP contribution in [0, 0.1) is 17.2 Å². The van der Waals surface area contributed by atoms with Crippen LogP contribution in [-0.2, 0) is 24.7 Å². The molecule has 0 bridgehead atoms. The fourth-order valence-electron chi connectivity index (χ4n) is 4.12. The minimum absolute atomic E-state index is 0.0483. The summed E-state index contributed by atoms with van der Waals surface area (Å²) in [6, 6.07) is 3.81. The first-order valence-corrected chi connectivity index (χ1v) is 11.8. The van der Waals surface area contributed by atoms with E-state index in [1.807, 2.05) is 23.3 Å². The number of Topliss-reactive ketones (excluding diaryl/α,β-unsaturated/α-hetero) is 1. The number of thiazole rings is 1. The molecule has 0 aliphatic carbocycles. The number of carbonyl (C=O) groups is 2. The molecule has 1 atom stereocenters. The lowest BCUT2D eigenvalue weighted by Crippen LogP contribution is -2.12. The highest BCUT2D eigenvalue weighted by molar-refractivity contribution is 7.09. The molecule has 0 radical (unpaired) electrons. The number of unbranched alkanes of at least 4 members (excludes halogenated alkanes) is 3. The van der Waals surface area contributed by atoms with Crippen LogP contribution in [0.25, 0.3) is 11.0 Å². The lowest BCUT2D eigenvalue weighted by molar-refractivity contribution is -0.137. The summed E-state index contributed by atoms with van der Waals surface area (Å²) in [6.07, 6.45) is 9.56. The Bertz CT molecular complexity index is 1130. The van der Waals surface area contributed by atoms with E-state index in [4.69, 9.17) is 5.11 Å². The SMILES string of the molecule is C[C@H](CC(=O)O)CC(=O)c1c(CCCCCCc2cncs2)n(C)c2ncc(C#N)cc12. The minimum atomic E-state index is -0.907. The molecular weight excluding hydrogens is 424 g/mol. The number of carboxylic acid groups (broad SMARTS) is 1. The van der Waals surface area contributed by atoms with Gasteiger partial charge in [-0.3, -0.25) is 14.6 Å². The van der Waals surface area contributed by atoms with E-state index in [0.717, 1.165) is 44.2 Å². The Balaban J connectivity index is 1.75. The molecule has 1 N–H and O–H groups in total. The van der Waals surface area contributed by atoms with Crippen molar-refractivity contribution >= 4 is 34.1 Å². The van der Waals surface area contributed by atoms with E-state index in [1.165, 1.54) is 11.1 Å². The zero-order valence-corrected chi connectivity index (χ0v) is 19.3. The maximum absolute atomic E-state index is 13.2. The molecule has 32 heavy (non-hydrogen) atoms. The second-order valence-electron chi connectivity index (χ2n) is 8.30. The van der Waals surface area contributed by atoms with Crippen LogP contribution in [0.1, 0.15) is 71.9 Å². The molecule has 0 aliphatic heterocycles. The van der Waals surface area contributed by atoms with Crippen molar-refractivity contribution in [2.45, 2.75) is 58.3 Å². The standard InChI is InChI=1S/C24H28N4O3S/c1-16(10-22(30)31)9-21(29)23-19-11-17(12-25)13-27-24(19)28(2)20(23)8-6-4-3-5-7-18-14-26-15-32-18/h11,13-16H,3-10H2,1-2H3,(H,30,31)/t16-/m0/s1. The number of nitrogens with zero attached hydrogens (tertiary/aromatic N) is 4. The summed E-state index contributed by atoms with van der Waals surface area (Å²) in [4.78, 5) is 34.1. The number of hydrogen-bond donors (Lipinski definition) is 1. The molecule has 7 nitrogen and oxygen atoms in total. The molecule has 0 amide bonds. The van der Waals surface area contributed by atoms with Crippen LogP contribution < -0.4 is 0 Å². The summed E-state index contributed by atoms with van der Waals surface area (Å²) in [5.41, 5.74) is 4.45. The summed E-state index contributed by atoms with van der Waals surface area (Å²) in [5, 5.41) is 19.0. The number of hydrogen-bond acceptors (Lipinski definition) is 6. The number of aryl methyl sites for hydroxylation is 2. The van der Waals surface area contributed by atoms with E-state index in [0.29, 0.717) is 22.2 Å². The Morgan fingerprint density at radius 3 is 2.59 bits per heavy atom. The van der Waals surface area contributed by atoms with Gasteiger partial charge in [0.25, 0.3) is 0 Å². The highest BCUT2D eigenvalue weighted by atomic mass is 32.1. The number of aliphatic carboxylic acids is 1. The molecule has 3 aromatic heterocycles. The van der Waals surface area contributed by atoms with Gasteiger partial charge in [0.1, 0.15) is 11.7 Å². The number of aromatic nitrogens is 3. The maximum Gasteiger partial charge on any atom is 0.303 e. The van der Waals surface area contributed by atoms with Crippen LogP contribution in [0.3, 0.4) is 0 Å². The van der Waals surface area contributed by atoms with Gasteiger partial charge in [0.05, 0.1) is 11.1 Å². The van der Waals surface area contributed by atoms with Crippen LogP contribution in [0.5, 0.6) is 0 Å². The average Bonchev–Trinajstić information content (AvgIpc) is 3.36. The van der Waals surface area contributed by atoms with Crippen molar-refractivity contribution in [3.05, 3.63) is 45.7 Å². The van der Waals surface area contributed by atoms with Crippen molar-refractivity contribution < 1.29 is 14.7 Å². The van der Waals surface area contributed by atoms with E-state index in [9.17, 15) is 14.9 Å². The van der Waals surface area contributed by atoms with Crippen LogP contribution in [0.4, 0.5) is 0 Å². The van der Waals surface area contributed by atoms with E-state index in [1.54, 1.807) is 24.3 Å². The molecule has 3 heterocycles. The predicted octanol–water partition coefficient (Wildman–Crippen LogP) is 4.93. The van der Waals surface area contributed by atoms with Gasteiger partial charge in [-0.1, -0.05) is 19.8 Å². The molecule has 8 heteroatoms. The van der Waals surface area contributed by atoms with Crippen molar-refractivity contribution in [2.75, 3.05) is 0 Å². The zero-order chi connectivity index (χ0) is 23.1. The van der Waals surface area contributed by atoms with Gasteiger partial charge in [0, 0.05) is 53.8 Å². The van der Waals surface area contributed by atoms with Gasteiger partial charge < -0.3 is 9.67 Å². The van der Waals surface area contributed by atoms with Crippen molar-refractivity contribution in [1.29, 1.82) is 5.26 Å². The molecule has 0 aromatic carbocycles. The van der Waals surface area contributed by atoms with Crippen molar-refractivity contribution in [2.24, 2.45) is 13.0 Å². The first-order chi connectivity index (χ1) is 15.4. The molecule has 3 rings (SSSR count). The van der Waals surface area contributed by atoms with Crippen LogP contribution in [-0.4, -0.2) is 31.4 Å². The second-order valence-corrected chi connectivity index (χ2v) is 9.27. The van der Waals surface area contributed by atoms with Gasteiger partial charge in [-0.05, 0) is 37.7 Å². The minimum Gasteiger partial charge on any atom is -0.481 e. The van der Waals surface area contributed by atoms with Crippen LogP contribution in [0.15, 0.2) is 24.0 Å². The van der Waals surface area contributed by atoms with Gasteiger partial charge in [-0.2, -0.15) is 5.26 Å². The second kappa shape index (κ2) is 11.0. The summed E-state index contributed by atoms with van der Waals surface area (Å²) in [7, 11) is 1.90. The molecule has 0 unspecified atom stereocenters. The Morgan fingerprint density at radius 2 is 1.94 bits per heavy atom. The normalized spacial score (nSPS) is 12.0. The molecule has 168 valence electrons. The Morgan fingerprint density at radius 1 is 1.19 bits per heavy atom. The number of rotatable bonds is 12. The molecule has 0 aliphatic rings. The molecule has 0 spiro atoms. The average molecular weight is 453 g/mol. The van der Waals surface area contributed by atoms with E-state index < -0.39 is 5.97 Å². The van der Waals surface area contributed by atoms with E-state index in [-0.39, 0.29) is 24.5 Å². The van der Waals surface area contributed by atoms with Crippen molar-refractivity contribution in [3.63, 3.8) is 0 Å². The lowest BCUT2D eigenvalue weighted by Gasteiger charge is -2.10. The highest BCUT2D eigenvalue weighted by Crippen LogP contribution is 2.29.